The monoisotopic (exact) mass is 471 g/mol. The summed E-state index contributed by atoms with van der Waals surface area (Å²) in [7, 11) is 0. The van der Waals surface area contributed by atoms with E-state index in [4.69, 9.17) is 10.5 Å². The zero-order valence-electron chi connectivity index (χ0n) is 20.4. The van der Waals surface area contributed by atoms with E-state index < -0.39 is 17.3 Å². The molecule has 0 radical (unpaired) electrons. The molecule has 0 aromatic heterocycles. The van der Waals surface area contributed by atoms with Crippen molar-refractivity contribution in [3.8, 4) is 0 Å². The zero-order chi connectivity index (χ0) is 25.1. The molecule has 0 saturated heterocycles. The molecule has 180 valence electrons. The number of carbonyl (C=O) groups is 3. The topological polar surface area (TPSA) is 102 Å². The Hall–Kier alpha value is -3.87. The van der Waals surface area contributed by atoms with Crippen molar-refractivity contribution < 1.29 is 19.1 Å². The van der Waals surface area contributed by atoms with E-state index in [0.717, 1.165) is 11.3 Å². The lowest BCUT2D eigenvalue weighted by molar-refractivity contribution is -0.140. The molecule has 2 aromatic rings. The Labute approximate surface area is 204 Å². The summed E-state index contributed by atoms with van der Waals surface area (Å²) in [6.45, 7) is 7.82. The van der Waals surface area contributed by atoms with Crippen LogP contribution in [0.1, 0.15) is 44.7 Å². The molecule has 2 aromatic carbocycles. The largest absolute Gasteiger partial charge is 0.462 e. The number of esters is 1. The lowest BCUT2D eigenvalue weighted by Gasteiger charge is -2.47. The Bertz CT molecular complexity index is 1350. The summed E-state index contributed by atoms with van der Waals surface area (Å²) >= 11 is 0. The van der Waals surface area contributed by atoms with Crippen LogP contribution in [0.25, 0.3) is 0 Å². The second-order valence-corrected chi connectivity index (χ2v) is 10.2. The van der Waals surface area contributed by atoms with Gasteiger partial charge in [-0.05, 0) is 49.4 Å². The van der Waals surface area contributed by atoms with Gasteiger partial charge in [0.1, 0.15) is 16.8 Å². The number of nitrogens with one attached hydrogen (secondary N) is 1. The molecular weight excluding hydrogens is 442 g/mol. The molecular formula is C28H29N3O4. The number of carbonyl (C=O) groups excluding carboxylic acids is 3. The number of anilines is 2. The van der Waals surface area contributed by atoms with Gasteiger partial charge in [0.05, 0.1) is 6.61 Å². The van der Waals surface area contributed by atoms with Gasteiger partial charge in [0.15, 0.2) is 5.78 Å². The Morgan fingerprint density at radius 1 is 1.11 bits per heavy atom. The number of allylic oxidation sites excluding steroid dienone is 1. The molecule has 5 rings (SSSR count). The fourth-order valence-electron chi connectivity index (χ4n) is 5.76. The van der Waals surface area contributed by atoms with Crippen LogP contribution in [-0.4, -0.2) is 24.3 Å². The van der Waals surface area contributed by atoms with E-state index in [-0.39, 0.29) is 35.6 Å². The second-order valence-electron chi connectivity index (χ2n) is 10.2. The van der Waals surface area contributed by atoms with Crippen molar-refractivity contribution in [3.05, 3.63) is 82.3 Å². The molecule has 3 N–H and O–H groups in total. The third-order valence-corrected chi connectivity index (χ3v) is 7.03. The van der Waals surface area contributed by atoms with E-state index in [1.165, 1.54) is 0 Å². The van der Waals surface area contributed by atoms with Gasteiger partial charge in [0.25, 0.3) is 0 Å². The number of para-hydroxylation sites is 1. The summed E-state index contributed by atoms with van der Waals surface area (Å²) in [6.07, 6.45) is 0.761. The Kier molecular flexibility index (Phi) is 5.13. The average Bonchev–Trinajstić information content (AvgIpc) is 3.05. The van der Waals surface area contributed by atoms with Crippen molar-refractivity contribution in [2.24, 2.45) is 11.1 Å². The van der Waals surface area contributed by atoms with Crippen molar-refractivity contribution in [2.75, 3.05) is 16.8 Å². The minimum atomic E-state index is -1.67. The van der Waals surface area contributed by atoms with E-state index in [2.05, 4.69) is 5.32 Å². The van der Waals surface area contributed by atoms with Crippen molar-refractivity contribution in [2.45, 2.75) is 46.0 Å². The fourth-order valence-corrected chi connectivity index (χ4v) is 5.76. The number of hydrogen-bond donors (Lipinski definition) is 2. The third-order valence-electron chi connectivity index (χ3n) is 7.03. The number of ketones is 1. The SMILES string of the molecule is CCOC(=O)C1=C(N)N(c2cccc(C)c2)C2=C(C(=O)CC(C)(C)C2)C12C(=O)Nc1ccccc12. The maximum Gasteiger partial charge on any atom is 0.339 e. The molecule has 2 aliphatic heterocycles. The lowest BCUT2D eigenvalue weighted by atomic mass is 9.60. The molecule has 0 bridgehead atoms. The summed E-state index contributed by atoms with van der Waals surface area (Å²) in [4.78, 5) is 43.2. The molecule has 1 spiro atoms. The number of nitrogens with two attached hydrogens (primary N) is 1. The summed E-state index contributed by atoms with van der Waals surface area (Å²) in [5.41, 5.74) is 8.57. The first kappa shape index (κ1) is 22.9. The van der Waals surface area contributed by atoms with E-state index >= 15 is 0 Å². The lowest BCUT2D eigenvalue weighted by Crippen LogP contribution is -2.54. The summed E-state index contributed by atoms with van der Waals surface area (Å²) < 4.78 is 5.45. The number of nitrogens with zero attached hydrogens (tertiary/aromatic N) is 1. The van der Waals surface area contributed by atoms with Gasteiger partial charge in [0.2, 0.25) is 5.91 Å². The number of aryl methyl sites for hydroxylation is 1. The van der Waals surface area contributed by atoms with Crippen LogP contribution in [0.5, 0.6) is 0 Å². The quantitative estimate of drug-likeness (QED) is 0.654. The van der Waals surface area contributed by atoms with E-state index in [9.17, 15) is 14.4 Å². The maximum atomic E-state index is 14.0. The molecule has 2 heterocycles. The molecule has 1 atom stereocenters. The van der Waals surface area contributed by atoms with Crippen molar-refractivity contribution in [1.82, 2.24) is 0 Å². The van der Waals surface area contributed by atoms with E-state index in [1.54, 1.807) is 36.1 Å². The van der Waals surface area contributed by atoms with Crippen LogP contribution in [0.15, 0.2) is 71.2 Å². The van der Waals surface area contributed by atoms with Crippen LogP contribution in [0.3, 0.4) is 0 Å². The van der Waals surface area contributed by atoms with Crippen LogP contribution < -0.4 is 16.0 Å². The average molecular weight is 472 g/mol. The minimum Gasteiger partial charge on any atom is -0.462 e. The summed E-state index contributed by atoms with van der Waals surface area (Å²) in [5, 5.41) is 2.90. The van der Waals surface area contributed by atoms with Gasteiger partial charge >= 0.3 is 5.97 Å². The number of ether oxygens (including phenoxy) is 1. The van der Waals surface area contributed by atoms with Crippen LogP contribution in [0.4, 0.5) is 11.4 Å². The first-order chi connectivity index (χ1) is 16.6. The van der Waals surface area contributed by atoms with Crippen molar-refractivity contribution >= 4 is 29.0 Å². The Balaban J connectivity index is 1.92. The van der Waals surface area contributed by atoms with Gasteiger partial charge in [-0.15, -0.1) is 0 Å². The summed E-state index contributed by atoms with van der Waals surface area (Å²) in [5.74, 6) is -1.24. The number of hydrogen-bond acceptors (Lipinski definition) is 6. The molecule has 7 heteroatoms. The molecule has 3 aliphatic rings. The summed E-state index contributed by atoms with van der Waals surface area (Å²) in [6, 6.07) is 14.9. The van der Waals surface area contributed by atoms with E-state index in [1.807, 2.05) is 45.0 Å². The molecule has 1 aliphatic carbocycles. The van der Waals surface area contributed by atoms with Crippen LogP contribution in [-0.2, 0) is 24.5 Å². The van der Waals surface area contributed by atoms with Gasteiger partial charge in [0, 0.05) is 34.6 Å². The van der Waals surface area contributed by atoms with Gasteiger partial charge in [-0.2, -0.15) is 0 Å². The number of fused-ring (bicyclic) bond motifs is 3. The standard InChI is InChI=1S/C28H29N3O4/c1-5-35-25(33)23-24(29)31(17-10-8-9-16(2)13-17)20-14-27(3,4)15-21(32)22(20)28(23)18-11-6-7-12-19(18)30-26(28)34/h6-13H,5,14-15,29H2,1-4H3,(H,30,34). The van der Waals surface area contributed by atoms with E-state index in [0.29, 0.717) is 28.9 Å². The minimum absolute atomic E-state index is 0.0184. The zero-order valence-corrected chi connectivity index (χ0v) is 20.4. The first-order valence-electron chi connectivity index (χ1n) is 11.8. The third kappa shape index (κ3) is 3.21. The van der Waals surface area contributed by atoms with Crippen molar-refractivity contribution in [1.29, 1.82) is 0 Å². The molecule has 7 nitrogen and oxygen atoms in total. The Morgan fingerprint density at radius 2 is 1.86 bits per heavy atom. The highest BCUT2D eigenvalue weighted by Crippen LogP contribution is 2.57. The number of rotatable bonds is 3. The molecule has 1 unspecified atom stereocenters. The first-order valence-corrected chi connectivity index (χ1v) is 11.8. The fraction of sp³-hybridized carbons (Fsp3) is 0.321. The molecule has 0 saturated carbocycles. The molecule has 1 amide bonds. The van der Waals surface area contributed by atoms with Gasteiger partial charge in [-0.25, -0.2) is 4.79 Å². The predicted molar refractivity (Wildman–Crippen MR) is 133 cm³/mol. The number of Topliss-reactive ketones (excluding diaryl/α,β-unsaturated/α-hetero) is 1. The van der Waals surface area contributed by atoms with Crippen LogP contribution >= 0.6 is 0 Å². The van der Waals surface area contributed by atoms with Gasteiger partial charge < -0.3 is 15.8 Å². The Morgan fingerprint density at radius 3 is 2.57 bits per heavy atom. The normalized spacial score (nSPS) is 22.8. The van der Waals surface area contributed by atoms with Crippen molar-refractivity contribution in [3.63, 3.8) is 0 Å². The highest BCUT2D eigenvalue weighted by atomic mass is 16.5. The van der Waals surface area contributed by atoms with Gasteiger partial charge in [-0.1, -0.05) is 44.2 Å². The highest BCUT2D eigenvalue weighted by molar-refractivity contribution is 6.23. The van der Waals surface area contributed by atoms with Gasteiger partial charge in [-0.3, -0.25) is 14.5 Å². The predicted octanol–water partition coefficient (Wildman–Crippen LogP) is 4.08. The molecule has 35 heavy (non-hydrogen) atoms. The number of amides is 1. The highest BCUT2D eigenvalue weighted by Gasteiger charge is 2.62. The van der Waals surface area contributed by atoms with Crippen LogP contribution in [0.2, 0.25) is 0 Å². The molecule has 0 fully saturated rings. The number of benzene rings is 2. The van der Waals surface area contributed by atoms with Crippen LogP contribution in [0, 0.1) is 12.3 Å². The second kappa shape index (κ2) is 7.83. The maximum absolute atomic E-state index is 14.0. The smallest absolute Gasteiger partial charge is 0.339 e.